The largest absolute Gasteiger partial charge is 0.457 e. The molecule has 0 saturated carbocycles. The van der Waals surface area contributed by atoms with Crippen molar-refractivity contribution in [3.05, 3.63) is 107 Å². The molecule has 1 aromatic heterocycles. The first-order valence-corrected chi connectivity index (χ1v) is 11.8. The lowest BCUT2D eigenvalue weighted by molar-refractivity contribution is -0.141. The first kappa shape index (κ1) is 24.9. The van der Waals surface area contributed by atoms with Crippen LogP contribution < -0.4 is 10.2 Å². The van der Waals surface area contributed by atoms with E-state index in [9.17, 15) is 14.4 Å². The Morgan fingerprint density at radius 1 is 1.11 bits per heavy atom. The van der Waals surface area contributed by atoms with E-state index in [-0.39, 0.29) is 18.7 Å². The number of benzene rings is 2. The molecule has 1 N–H and O–H groups in total. The average molecular weight is 505 g/mol. The fourth-order valence-electron chi connectivity index (χ4n) is 4.07. The number of halogens is 1. The topological polar surface area (TPSA) is 91.8 Å². The summed E-state index contributed by atoms with van der Waals surface area (Å²) in [6.45, 7) is 3.71. The van der Waals surface area contributed by atoms with Crippen molar-refractivity contribution in [1.29, 1.82) is 0 Å². The molecule has 36 heavy (non-hydrogen) atoms. The van der Waals surface area contributed by atoms with E-state index in [1.807, 2.05) is 30.3 Å². The average Bonchev–Trinajstić information content (AvgIpc) is 2.88. The molecule has 0 aliphatic carbocycles. The maximum atomic E-state index is 13.8. The number of amides is 4. The van der Waals surface area contributed by atoms with Gasteiger partial charge in [0, 0.05) is 23.5 Å². The lowest BCUT2D eigenvalue weighted by atomic mass is 9.94. The van der Waals surface area contributed by atoms with Crippen LogP contribution in [0.1, 0.15) is 31.0 Å². The number of rotatable bonds is 6. The fraction of sp³-hybridized carbons (Fsp3) is 0.185. The molecule has 1 aliphatic heterocycles. The zero-order valence-electron chi connectivity index (χ0n) is 19.8. The number of imide groups is 1. The molecule has 184 valence electrons. The minimum atomic E-state index is -1.06. The van der Waals surface area contributed by atoms with Gasteiger partial charge in [0.15, 0.2) is 0 Å². The number of carbonyl (C=O) groups is 3. The summed E-state index contributed by atoms with van der Waals surface area (Å²) in [5.74, 6) is -0.649. The van der Waals surface area contributed by atoms with Gasteiger partial charge in [-0.25, -0.2) is 19.3 Å². The second-order valence-corrected chi connectivity index (χ2v) is 8.53. The molecule has 0 fully saturated rings. The summed E-state index contributed by atoms with van der Waals surface area (Å²) in [5, 5.41) is 3.06. The number of pyridine rings is 1. The molecule has 1 unspecified atom stereocenters. The third kappa shape index (κ3) is 5.23. The highest BCUT2D eigenvalue weighted by molar-refractivity contribution is 6.30. The summed E-state index contributed by atoms with van der Waals surface area (Å²) in [6, 6.07) is 17.1. The van der Waals surface area contributed by atoms with E-state index in [2.05, 4.69) is 10.3 Å². The number of aromatic nitrogens is 1. The predicted molar refractivity (Wildman–Crippen MR) is 136 cm³/mol. The number of allylic oxidation sites excluding steroid dienone is 1. The van der Waals surface area contributed by atoms with Crippen molar-refractivity contribution in [2.75, 3.05) is 11.4 Å². The van der Waals surface area contributed by atoms with Gasteiger partial charge in [0.05, 0.1) is 17.5 Å². The van der Waals surface area contributed by atoms with Gasteiger partial charge in [-0.15, -0.1) is 0 Å². The zero-order valence-corrected chi connectivity index (χ0v) is 20.6. The van der Waals surface area contributed by atoms with Crippen LogP contribution in [0.2, 0.25) is 5.02 Å². The first-order valence-electron chi connectivity index (χ1n) is 11.4. The zero-order chi connectivity index (χ0) is 25.7. The highest BCUT2D eigenvalue weighted by Gasteiger charge is 2.43. The Morgan fingerprint density at radius 3 is 2.56 bits per heavy atom. The number of esters is 1. The van der Waals surface area contributed by atoms with Gasteiger partial charge < -0.3 is 10.1 Å². The molecule has 2 heterocycles. The van der Waals surface area contributed by atoms with Crippen LogP contribution in [0.3, 0.4) is 0 Å². The van der Waals surface area contributed by atoms with E-state index in [0.717, 1.165) is 10.5 Å². The lowest BCUT2D eigenvalue weighted by Gasteiger charge is -2.38. The van der Waals surface area contributed by atoms with Crippen molar-refractivity contribution < 1.29 is 19.1 Å². The highest BCUT2D eigenvalue weighted by Crippen LogP contribution is 2.36. The Morgan fingerprint density at radius 2 is 1.89 bits per heavy atom. The third-order valence-electron chi connectivity index (χ3n) is 5.76. The molecule has 3 aromatic rings. The van der Waals surface area contributed by atoms with E-state index in [1.54, 1.807) is 56.4 Å². The van der Waals surface area contributed by atoms with Gasteiger partial charge in [-0.2, -0.15) is 0 Å². The van der Waals surface area contributed by atoms with Crippen LogP contribution in [0.25, 0.3) is 0 Å². The number of nitrogens with one attached hydrogen (secondary N) is 1. The number of ether oxygens (including phenoxy) is 1. The third-order valence-corrected chi connectivity index (χ3v) is 5.99. The molecule has 1 atom stereocenters. The highest BCUT2D eigenvalue weighted by atomic mass is 35.5. The van der Waals surface area contributed by atoms with Gasteiger partial charge in [0.1, 0.15) is 12.6 Å². The van der Waals surface area contributed by atoms with Crippen LogP contribution in [0.15, 0.2) is 90.4 Å². The van der Waals surface area contributed by atoms with Crippen LogP contribution >= 0.6 is 11.6 Å². The minimum absolute atomic E-state index is 0.0391. The Balaban J connectivity index is 1.75. The second kappa shape index (κ2) is 11.0. The summed E-state index contributed by atoms with van der Waals surface area (Å²) in [7, 11) is 0. The van der Waals surface area contributed by atoms with Gasteiger partial charge in [-0.05, 0) is 49.2 Å². The predicted octanol–water partition coefficient (Wildman–Crippen LogP) is 5.47. The number of hydrogen-bond acceptors (Lipinski definition) is 5. The molecule has 0 spiro atoms. The van der Waals surface area contributed by atoms with E-state index in [1.165, 1.54) is 11.1 Å². The van der Waals surface area contributed by atoms with Crippen LogP contribution in [0.5, 0.6) is 0 Å². The van der Waals surface area contributed by atoms with Gasteiger partial charge in [0.25, 0.3) is 0 Å². The number of carbonyl (C=O) groups excluding carboxylic acids is 3. The van der Waals surface area contributed by atoms with Gasteiger partial charge in [0.2, 0.25) is 0 Å². The van der Waals surface area contributed by atoms with Crippen molar-refractivity contribution in [2.24, 2.45) is 0 Å². The molecule has 4 rings (SSSR count). The minimum Gasteiger partial charge on any atom is -0.457 e. The molecule has 4 amide bonds. The SMILES string of the molecule is CCN(C(=O)N1C(=O)NC(C)=C(C(=O)OCc2ccccc2)C1c1cccc(Cl)c1)c1cccnc1. The standard InChI is InChI=1S/C27H25ClN4O4/c1-3-31(22-13-8-14-29-16-22)27(35)32-24(20-11-7-12-21(28)15-20)23(18(2)30-26(32)34)25(33)36-17-19-9-5-4-6-10-19/h4-16,24H,3,17H2,1-2H3,(H,30,34). The Kier molecular flexibility index (Phi) is 7.65. The van der Waals surface area contributed by atoms with E-state index in [0.29, 0.717) is 22.0 Å². The smallest absolute Gasteiger partial charge is 0.338 e. The van der Waals surface area contributed by atoms with Crippen LogP contribution in [0, 0.1) is 0 Å². The van der Waals surface area contributed by atoms with Crippen LogP contribution in [-0.2, 0) is 16.1 Å². The van der Waals surface area contributed by atoms with Crippen molar-refractivity contribution in [3.63, 3.8) is 0 Å². The van der Waals surface area contributed by atoms with Gasteiger partial charge >= 0.3 is 18.0 Å². The summed E-state index contributed by atoms with van der Waals surface area (Å²) < 4.78 is 5.61. The maximum Gasteiger partial charge on any atom is 0.338 e. The van der Waals surface area contributed by atoms with E-state index in [4.69, 9.17) is 16.3 Å². The lowest BCUT2D eigenvalue weighted by Crippen LogP contribution is -2.55. The molecule has 8 nitrogen and oxygen atoms in total. The Labute approximate surface area is 214 Å². The normalized spacial score (nSPS) is 15.4. The van der Waals surface area contributed by atoms with E-state index < -0.39 is 24.1 Å². The van der Waals surface area contributed by atoms with Crippen molar-refractivity contribution in [3.8, 4) is 0 Å². The van der Waals surface area contributed by atoms with Gasteiger partial charge in [-0.3, -0.25) is 9.88 Å². The molecule has 0 bridgehead atoms. The van der Waals surface area contributed by atoms with Crippen molar-refractivity contribution >= 4 is 35.3 Å². The molecule has 0 saturated heterocycles. The molecular weight excluding hydrogens is 480 g/mol. The Bertz CT molecular complexity index is 1300. The summed E-state index contributed by atoms with van der Waals surface area (Å²) in [4.78, 5) is 47.0. The van der Waals surface area contributed by atoms with Crippen molar-refractivity contribution in [1.82, 2.24) is 15.2 Å². The number of anilines is 1. The summed E-state index contributed by atoms with van der Waals surface area (Å²) >= 11 is 6.26. The van der Waals surface area contributed by atoms with Gasteiger partial charge in [-0.1, -0.05) is 54.1 Å². The maximum absolute atomic E-state index is 13.8. The second-order valence-electron chi connectivity index (χ2n) is 8.10. The summed E-state index contributed by atoms with van der Waals surface area (Å²) in [6.07, 6.45) is 3.13. The molecule has 0 radical (unpaired) electrons. The number of nitrogens with zero attached hydrogens (tertiary/aromatic N) is 3. The monoisotopic (exact) mass is 504 g/mol. The quantitative estimate of drug-likeness (QED) is 0.450. The summed E-state index contributed by atoms with van der Waals surface area (Å²) in [5.41, 5.74) is 2.27. The molecule has 1 aliphatic rings. The molecular formula is C27H25ClN4O4. The first-order chi connectivity index (χ1) is 17.4. The molecule has 2 aromatic carbocycles. The van der Waals surface area contributed by atoms with Crippen molar-refractivity contribution in [2.45, 2.75) is 26.5 Å². The van der Waals surface area contributed by atoms with Crippen LogP contribution in [0.4, 0.5) is 15.3 Å². The number of urea groups is 2. The van der Waals surface area contributed by atoms with Crippen LogP contribution in [-0.4, -0.2) is 34.5 Å². The fourth-order valence-corrected chi connectivity index (χ4v) is 4.27. The number of hydrogen-bond donors (Lipinski definition) is 1. The molecule has 9 heteroatoms. The van der Waals surface area contributed by atoms with E-state index >= 15 is 0 Å². The Hall–Kier alpha value is -4.17.